The van der Waals surface area contributed by atoms with Crippen molar-refractivity contribution in [1.29, 1.82) is 0 Å². The number of methoxy groups -OCH3 is 1. The number of hydrogen-bond acceptors (Lipinski definition) is 5. The predicted molar refractivity (Wildman–Crippen MR) is 85.2 cm³/mol. The number of carbonyl (C=O) groups excluding carboxylic acids is 1. The highest BCUT2D eigenvalue weighted by molar-refractivity contribution is 7.89. The van der Waals surface area contributed by atoms with E-state index in [0.717, 1.165) is 0 Å². The van der Waals surface area contributed by atoms with Crippen LogP contribution in [0.3, 0.4) is 0 Å². The maximum Gasteiger partial charge on any atom is 0.241 e. The smallest absolute Gasteiger partial charge is 0.241 e. The number of hydrogen-bond donors (Lipinski definition) is 1. The summed E-state index contributed by atoms with van der Waals surface area (Å²) in [5.41, 5.74) is 0. The van der Waals surface area contributed by atoms with Gasteiger partial charge in [0.15, 0.2) is 0 Å². The van der Waals surface area contributed by atoms with Crippen LogP contribution in [-0.4, -0.2) is 58.7 Å². The van der Waals surface area contributed by atoms with Gasteiger partial charge in [-0.25, -0.2) is 8.42 Å². The maximum absolute atomic E-state index is 12.4. The fourth-order valence-electron chi connectivity index (χ4n) is 2.22. The Labute approximate surface area is 140 Å². The minimum absolute atomic E-state index is 0.0232. The number of rotatable bonds is 5. The Hall–Kier alpha value is -1.35. The van der Waals surface area contributed by atoms with Gasteiger partial charge < -0.3 is 14.4 Å². The quantitative estimate of drug-likeness (QED) is 0.840. The summed E-state index contributed by atoms with van der Waals surface area (Å²) in [5, 5.41) is 0.183. The van der Waals surface area contributed by atoms with Crippen molar-refractivity contribution in [2.45, 2.75) is 17.9 Å². The second-order valence-electron chi connectivity index (χ2n) is 5.08. The third-order valence-electron chi connectivity index (χ3n) is 3.46. The lowest BCUT2D eigenvalue weighted by atomic mass is 10.3. The molecule has 0 aliphatic carbocycles. The summed E-state index contributed by atoms with van der Waals surface area (Å²) in [6.45, 7) is 3.34. The van der Waals surface area contributed by atoms with E-state index in [-0.39, 0.29) is 15.8 Å². The van der Waals surface area contributed by atoms with E-state index in [4.69, 9.17) is 21.1 Å². The first-order chi connectivity index (χ1) is 10.8. The number of nitrogens with zero attached hydrogens (tertiary/aromatic N) is 1. The van der Waals surface area contributed by atoms with Crippen molar-refractivity contribution in [3.8, 4) is 5.75 Å². The number of nitrogens with one attached hydrogen (secondary N) is 1. The SMILES string of the molecule is COc1ccc(S(=O)(=O)N[C@@H](C)C(=O)N2CCOCC2)cc1Cl. The van der Waals surface area contributed by atoms with Gasteiger partial charge in [0.1, 0.15) is 5.75 Å². The molecule has 0 saturated carbocycles. The molecule has 1 saturated heterocycles. The van der Waals surface area contributed by atoms with Gasteiger partial charge >= 0.3 is 0 Å². The Morgan fingerprint density at radius 1 is 1.39 bits per heavy atom. The van der Waals surface area contributed by atoms with Gasteiger partial charge in [0.25, 0.3) is 0 Å². The summed E-state index contributed by atoms with van der Waals surface area (Å²) in [6.07, 6.45) is 0. The molecule has 0 radical (unpaired) electrons. The van der Waals surface area contributed by atoms with Crippen LogP contribution in [0.15, 0.2) is 23.1 Å². The number of amides is 1. The topological polar surface area (TPSA) is 84.9 Å². The van der Waals surface area contributed by atoms with Gasteiger partial charge in [-0.1, -0.05) is 11.6 Å². The van der Waals surface area contributed by atoms with Gasteiger partial charge in [0.2, 0.25) is 15.9 Å². The molecular weight excluding hydrogens is 344 g/mol. The molecule has 7 nitrogen and oxygen atoms in total. The minimum atomic E-state index is -3.86. The first-order valence-electron chi connectivity index (χ1n) is 7.07. The normalized spacial score (nSPS) is 16.9. The maximum atomic E-state index is 12.4. The van der Waals surface area contributed by atoms with Gasteiger partial charge in [-0.2, -0.15) is 4.72 Å². The Morgan fingerprint density at radius 2 is 2.04 bits per heavy atom. The van der Waals surface area contributed by atoms with Gasteiger partial charge in [0.05, 0.1) is 36.3 Å². The van der Waals surface area contributed by atoms with Crippen molar-refractivity contribution < 1.29 is 22.7 Å². The summed E-state index contributed by atoms with van der Waals surface area (Å²) >= 11 is 5.95. The third-order valence-corrected chi connectivity index (χ3v) is 5.29. The lowest BCUT2D eigenvalue weighted by Crippen LogP contribution is -2.50. The Kier molecular flexibility index (Phi) is 5.85. The van der Waals surface area contributed by atoms with Crippen molar-refractivity contribution in [1.82, 2.24) is 9.62 Å². The molecule has 1 amide bonds. The molecule has 0 spiro atoms. The van der Waals surface area contributed by atoms with Gasteiger partial charge in [-0.15, -0.1) is 0 Å². The number of carbonyl (C=O) groups is 1. The molecule has 1 aromatic rings. The summed E-state index contributed by atoms with van der Waals surface area (Å²) in [4.78, 5) is 13.8. The van der Waals surface area contributed by atoms with E-state index in [1.165, 1.54) is 32.2 Å². The number of halogens is 1. The number of benzene rings is 1. The zero-order valence-corrected chi connectivity index (χ0v) is 14.5. The fourth-order valence-corrected chi connectivity index (χ4v) is 3.77. The lowest BCUT2D eigenvalue weighted by molar-refractivity contribution is -0.136. The molecule has 1 atom stereocenters. The summed E-state index contributed by atoms with van der Waals surface area (Å²) in [5.74, 6) is 0.0968. The fraction of sp³-hybridized carbons (Fsp3) is 0.500. The van der Waals surface area contributed by atoms with Crippen molar-refractivity contribution in [3.05, 3.63) is 23.2 Å². The largest absolute Gasteiger partial charge is 0.495 e. The highest BCUT2D eigenvalue weighted by Gasteiger charge is 2.27. The number of morpholine rings is 1. The molecular formula is C14H19ClN2O5S. The molecule has 1 heterocycles. The average Bonchev–Trinajstić information content (AvgIpc) is 2.54. The molecule has 1 aliphatic heterocycles. The van der Waals surface area contributed by atoms with E-state index in [0.29, 0.717) is 32.1 Å². The zero-order valence-electron chi connectivity index (χ0n) is 12.9. The van der Waals surface area contributed by atoms with Crippen LogP contribution in [0, 0.1) is 0 Å². The van der Waals surface area contributed by atoms with Crippen LogP contribution < -0.4 is 9.46 Å². The number of sulfonamides is 1. The van der Waals surface area contributed by atoms with E-state index >= 15 is 0 Å². The first-order valence-corrected chi connectivity index (χ1v) is 8.93. The Bertz CT molecular complexity index is 674. The van der Waals surface area contributed by atoms with E-state index in [1.807, 2.05) is 0 Å². The average molecular weight is 363 g/mol. The monoisotopic (exact) mass is 362 g/mol. The van der Waals surface area contributed by atoms with Crippen LogP contribution in [0.4, 0.5) is 0 Å². The first kappa shape index (κ1) is 18.0. The van der Waals surface area contributed by atoms with Gasteiger partial charge in [0, 0.05) is 13.1 Å². The van der Waals surface area contributed by atoms with E-state index < -0.39 is 16.1 Å². The van der Waals surface area contributed by atoms with Crippen LogP contribution in [0.1, 0.15) is 6.92 Å². The van der Waals surface area contributed by atoms with Gasteiger partial charge in [-0.05, 0) is 25.1 Å². The number of ether oxygens (including phenoxy) is 2. The second-order valence-corrected chi connectivity index (χ2v) is 7.20. The van der Waals surface area contributed by atoms with E-state index in [9.17, 15) is 13.2 Å². The van der Waals surface area contributed by atoms with Crippen molar-refractivity contribution >= 4 is 27.5 Å². The molecule has 0 unspecified atom stereocenters. The summed E-state index contributed by atoms with van der Waals surface area (Å²) < 4.78 is 37.3. The molecule has 1 aromatic carbocycles. The molecule has 1 N–H and O–H groups in total. The Balaban J connectivity index is 2.10. The van der Waals surface area contributed by atoms with Gasteiger partial charge in [-0.3, -0.25) is 4.79 Å². The minimum Gasteiger partial charge on any atom is -0.495 e. The molecule has 0 bridgehead atoms. The van der Waals surface area contributed by atoms with Crippen LogP contribution in [0.2, 0.25) is 5.02 Å². The van der Waals surface area contributed by atoms with Crippen LogP contribution in [0.5, 0.6) is 5.75 Å². The van der Waals surface area contributed by atoms with Crippen molar-refractivity contribution in [3.63, 3.8) is 0 Å². The molecule has 23 heavy (non-hydrogen) atoms. The second kappa shape index (κ2) is 7.48. The van der Waals surface area contributed by atoms with Crippen molar-refractivity contribution in [2.24, 2.45) is 0 Å². The summed E-state index contributed by atoms with van der Waals surface area (Å²) in [7, 11) is -2.42. The zero-order chi connectivity index (χ0) is 17.0. The Morgan fingerprint density at radius 3 is 2.61 bits per heavy atom. The highest BCUT2D eigenvalue weighted by atomic mass is 35.5. The van der Waals surface area contributed by atoms with Crippen molar-refractivity contribution in [2.75, 3.05) is 33.4 Å². The molecule has 1 fully saturated rings. The standard InChI is InChI=1S/C14H19ClN2O5S/c1-10(14(18)17-5-7-22-8-6-17)16-23(19,20)11-3-4-13(21-2)12(15)9-11/h3-4,9-10,16H,5-8H2,1-2H3/t10-/m0/s1. The molecule has 0 aromatic heterocycles. The van der Waals surface area contributed by atoms with Crippen LogP contribution in [0.25, 0.3) is 0 Å². The lowest BCUT2D eigenvalue weighted by Gasteiger charge is -2.29. The van der Waals surface area contributed by atoms with E-state index in [1.54, 1.807) is 4.90 Å². The molecule has 1 aliphatic rings. The van der Waals surface area contributed by atoms with Crippen LogP contribution >= 0.6 is 11.6 Å². The third kappa shape index (κ3) is 4.35. The summed E-state index contributed by atoms with van der Waals surface area (Å²) in [6, 6.07) is 3.25. The van der Waals surface area contributed by atoms with E-state index in [2.05, 4.69) is 4.72 Å². The molecule has 9 heteroatoms. The highest BCUT2D eigenvalue weighted by Crippen LogP contribution is 2.26. The van der Waals surface area contributed by atoms with Crippen LogP contribution in [-0.2, 0) is 19.6 Å². The molecule has 128 valence electrons. The molecule has 2 rings (SSSR count). The predicted octanol–water partition coefficient (Wildman–Crippen LogP) is 0.874.